The summed E-state index contributed by atoms with van der Waals surface area (Å²) in [6.45, 7) is 3.45. The van der Waals surface area contributed by atoms with E-state index in [0.29, 0.717) is 0 Å². The summed E-state index contributed by atoms with van der Waals surface area (Å²) in [5.41, 5.74) is 2.54. The third-order valence-electron chi connectivity index (χ3n) is 3.47. The van der Waals surface area contributed by atoms with Crippen molar-refractivity contribution in [3.8, 4) is 11.3 Å². The molecule has 0 aromatic carbocycles. The molecule has 4 heteroatoms. The first-order valence-corrected chi connectivity index (χ1v) is 7.11. The van der Waals surface area contributed by atoms with Crippen LogP contribution in [-0.2, 0) is 6.54 Å². The van der Waals surface area contributed by atoms with Crippen LogP contribution >= 0.6 is 11.3 Å². The van der Waals surface area contributed by atoms with Crippen molar-refractivity contribution in [2.24, 2.45) is 5.92 Å². The third-order valence-corrected chi connectivity index (χ3v) is 4.15. The van der Waals surface area contributed by atoms with E-state index in [1.54, 1.807) is 11.3 Å². The van der Waals surface area contributed by atoms with Crippen molar-refractivity contribution < 1.29 is 0 Å². The van der Waals surface area contributed by atoms with Gasteiger partial charge in [-0.25, -0.2) is 4.98 Å². The number of aromatic nitrogens is 2. The Morgan fingerprint density at radius 2 is 2.53 bits per heavy atom. The van der Waals surface area contributed by atoms with Gasteiger partial charge in [0.2, 0.25) is 0 Å². The van der Waals surface area contributed by atoms with Gasteiger partial charge in [0.25, 0.3) is 0 Å². The van der Waals surface area contributed by atoms with E-state index in [9.17, 15) is 0 Å². The summed E-state index contributed by atoms with van der Waals surface area (Å²) in [7, 11) is 0. The maximum absolute atomic E-state index is 4.28. The molecule has 1 saturated heterocycles. The minimum Gasteiger partial charge on any atom is -0.331 e. The van der Waals surface area contributed by atoms with Crippen LogP contribution in [0.3, 0.4) is 0 Å². The zero-order chi connectivity index (χ0) is 11.5. The van der Waals surface area contributed by atoms with Gasteiger partial charge >= 0.3 is 0 Å². The molecule has 1 atom stereocenters. The van der Waals surface area contributed by atoms with Gasteiger partial charge in [-0.15, -0.1) is 0 Å². The van der Waals surface area contributed by atoms with E-state index < -0.39 is 0 Å². The second-order valence-electron chi connectivity index (χ2n) is 4.63. The van der Waals surface area contributed by atoms with Gasteiger partial charge in [-0.3, -0.25) is 0 Å². The molecule has 1 fully saturated rings. The lowest BCUT2D eigenvalue weighted by Gasteiger charge is -2.10. The molecule has 3 rings (SSSR count). The first kappa shape index (κ1) is 11.0. The van der Waals surface area contributed by atoms with E-state index in [0.717, 1.165) is 12.5 Å². The topological polar surface area (TPSA) is 29.9 Å². The van der Waals surface area contributed by atoms with Gasteiger partial charge < -0.3 is 9.88 Å². The zero-order valence-corrected chi connectivity index (χ0v) is 10.6. The lowest BCUT2D eigenvalue weighted by atomic mass is 10.1. The van der Waals surface area contributed by atoms with Crippen molar-refractivity contribution in [2.75, 3.05) is 13.1 Å². The molecular weight excluding hydrogens is 230 g/mol. The molecule has 1 unspecified atom stereocenters. The van der Waals surface area contributed by atoms with Crippen LogP contribution in [0, 0.1) is 5.92 Å². The summed E-state index contributed by atoms with van der Waals surface area (Å²) >= 11 is 1.74. The van der Waals surface area contributed by atoms with Crippen LogP contribution in [0.15, 0.2) is 29.4 Å². The lowest BCUT2D eigenvalue weighted by molar-refractivity contribution is 0.482. The maximum atomic E-state index is 4.28. The zero-order valence-electron chi connectivity index (χ0n) is 9.80. The fourth-order valence-corrected chi connectivity index (χ4v) is 3.08. The van der Waals surface area contributed by atoms with Gasteiger partial charge in [-0.05, 0) is 43.3 Å². The van der Waals surface area contributed by atoms with Crippen LogP contribution < -0.4 is 5.32 Å². The molecule has 2 aromatic heterocycles. The lowest BCUT2D eigenvalue weighted by Crippen LogP contribution is -2.11. The van der Waals surface area contributed by atoms with Crippen molar-refractivity contribution >= 4 is 11.3 Å². The van der Waals surface area contributed by atoms with E-state index >= 15 is 0 Å². The summed E-state index contributed by atoms with van der Waals surface area (Å²) in [5, 5.41) is 7.73. The minimum absolute atomic E-state index is 0.840. The predicted molar refractivity (Wildman–Crippen MR) is 71.1 cm³/mol. The number of aryl methyl sites for hydroxylation is 1. The SMILES string of the molecule is c1cc(-c2cncn2CCC2CCNC2)cs1. The van der Waals surface area contributed by atoms with Crippen LogP contribution in [0.2, 0.25) is 0 Å². The summed E-state index contributed by atoms with van der Waals surface area (Å²) in [5.74, 6) is 0.840. The Morgan fingerprint density at radius 1 is 1.53 bits per heavy atom. The normalized spacial score (nSPS) is 19.9. The fourth-order valence-electron chi connectivity index (χ4n) is 2.43. The van der Waals surface area contributed by atoms with Crippen molar-refractivity contribution in [1.82, 2.24) is 14.9 Å². The van der Waals surface area contributed by atoms with Crippen molar-refractivity contribution in [2.45, 2.75) is 19.4 Å². The van der Waals surface area contributed by atoms with Crippen molar-refractivity contribution in [3.05, 3.63) is 29.4 Å². The van der Waals surface area contributed by atoms with Gasteiger partial charge in [-0.2, -0.15) is 11.3 Å². The molecule has 3 heterocycles. The first-order chi connectivity index (χ1) is 8.43. The molecule has 0 spiro atoms. The van der Waals surface area contributed by atoms with Crippen molar-refractivity contribution in [3.63, 3.8) is 0 Å². The smallest absolute Gasteiger partial charge is 0.0950 e. The molecule has 0 aliphatic carbocycles. The van der Waals surface area contributed by atoms with Gasteiger partial charge in [0.1, 0.15) is 0 Å². The van der Waals surface area contributed by atoms with Crippen LogP contribution in [0.5, 0.6) is 0 Å². The number of nitrogens with zero attached hydrogens (tertiary/aromatic N) is 2. The molecule has 17 heavy (non-hydrogen) atoms. The molecule has 2 aromatic rings. The standard InChI is InChI=1S/C13H17N3S/c1-4-14-7-11(1)2-5-16-10-15-8-13(16)12-3-6-17-9-12/h3,6,8-11,14H,1-2,4-5,7H2. The molecule has 0 saturated carbocycles. The quantitative estimate of drug-likeness (QED) is 0.900. The molecule has 90 valence electrons. The number of hydrogen-bond donors (Lipinski definition) is 1. The summed E-state index contributed by atoms with van der Waals surface area (Å²) in [6.07, 6.45) is 6.49. The van der Waals surface area contributed by atoms with Crippen LogP contribution in [0.1, 0.15) is 12.8 Å². The number of rotatable bonds is 4. The molecule has 1 N–H and O–H groups in total. The van der Waals surface area contributed by atoms with E-state index in [1.807, 2.05) is 12.5 Å². The summed E-state index contributed by atoms with van der Waals surface area (Å²) < 4.78 is 2.28. The largest absolute Gasteiger partial charge is 0.331 e. The Kier molecular flexibility index (Phi) is 3.25. The molecule has 0 radical (unpaired) electrons. The molecular formula is C13H17N3S. The second kappa shape index (κ2) is 5.02. The highest BCUT2D eigenvalue weighted by Crippen LogP contribution is 2.23. The molecule has 3 nitrogen and oxygen atoms in total. The average molecular weight is 247 g/mol. The van der Waals surface area contributed by atoms with Crippen LogP contribution in [-0.4, -0.2) is 22.6 Å². The monoisotopic (exact) mass is 247 g/mol. The Balaban J connectivity index is 1.69. The maximum Gasteiger partial charge on any atom is 0.0950 e. The highest BCUT2D eigenvalue weighted by molar-refractivity contribution is 7.08. The van der Waals surface area contributed by atoms with Crippen molar-refractivity contribution in [1.29, 1.82) is 0 Å². The van der Waals surface area contributed by atoms with Gasteiger partial charge in [0.05, 0.1) is 18.2 Å². The van der Waals surface area contributed by atoms with Gasteiger partial charge in [-0.1, -0.05) is 0 Å². The van der Waals surface area contributed by atoms with Crippen LogP contribution in [0.4, 0.5) is 0 Å². The molecule has 0 bridgehead atoms. The minimum atomic E-state index is 0.840. The summed E-state index contributed by atoms with van der Waals surface area (Å²) in [6, 6.07) is 2.16. The average Bonchev–Trinajstić information content (AvgIpc) is 3.09. The highest BCUT2D eigenvalue weighted by Gasteiger charge is 2.14. The second-order valence-corrected chi connectivity index (χ2v) is 5.41. The Hall–Kier alpha value is -1.13. The molecule has 1 aliphatic heterocycles. The first-order valence-electron chi connectivity index (χ1n) is 6.17. The fraction of sp³-hybridized carbons (Fsp3) is 0.462. The summed E-state index contributed by atoms with van der Waals surface area (Å²) in [4.78, 5) is 4.28. The predicted octanol–water partition coefficient (Wildman–Crippen LogP) is 2.61. The number of imidazole rings is 1. The Labute approximate surface area is 106 Å². The molecule has 0 amide bonds. The molecule has 1 aliphatic rings. The number of thiophene rings is 1. The highest BCUT2D eigenvalue weighted by atomic mass is 32.1. The van der Waals surface area contributed by atoms with Crippen LogP contribution in [0.25, 0.3) is 11.3 Å². The van der Waals surface area contributed by atoms with E-state index in [1.165, 1.54) is 37.2 Å². The van der Waals surface area contributed by atoms with Gasteiger partial charge in [0.15, 0.2) is 0 Å². The number of hydrogen-bond acceptors (Lipinski definition) is 3. The van der Waals surface area contributed by atoms with Gasteiger partial charge in [0, 0.05) is 17.5 Å². The Bertz CT molecular complexity index is 455. The third kappa shape index (κ3) is 2.42. The van der Waals surface area contributed by atoms with E-state index in [4.69, 9.17) is 0 Å². The Morgan fingerprint density at radius 3 is 3.29 bits per heavy atom. The van der Waals surface area contributed by atoms with E-state index in [-0.39, 0.29) is 0 Å². The number of nitrogens with one attached hydrogen (secondary N) is 1. The van der Waals surface area contributed by atoms with E-state index in [2.05, 4.69) is 31.7 Å².